The maximum atomic E-state index is 12.4. The van der Waals surface area contributed by atoms with Crippen LogP contribution in [0.2, 0.25) is 0 Å². The molecule has 0 radical (unpaired) electrons. The highest BCUT2D eigenvalue weighted by Crippen LogP contribution is 2.23. The first-order valence-corrected chi connectivity index (χ1v) is 9.98. The molecule has 1 atom stereocenters. The molecule has 0 saturated carbocycles. The molecule has 142 valence electrons. The molecule has 0 spiro atoms. The van der Waals surface area contributed by atoms with Crippen molar-refractivity contribution in [3.63, 3.8) is 0 Å². The summed E-state index contributed by atoms with van der Waals surface area (Å²) < 4.78 is 29.9. The number of hydrogen-bond acceptors (Lipinski definition) is 6. The molecule has 1 heterocycles. The molecule has 26 heavy (non-hydrogen) atoms. The minimum absolute atomic E-state index is 0.0747. The lowest BCUT2D eigenvalue weighted by Gasteiger charge is -2.22. The van der Waals surface area contributed by atoms with Gasteiger partial charge < -0.3 is 9.73 Å². The van der Waals surface area contributed by atoms with E-state index in [1.165, 1.54) is 0 Å². The van der Waals surface area contributed by atoms with Gasteiger partial charge >= 0.3 is 5.22 Å². The van der Waals surface area contributed by atoms with Crippen LogP contribution in [0.15, 0.2) is 40.0 Å². The zero-order chi connectivity index (χ0) is 19.5. The molecule has 1 amide bonds. The lowest BCUT2D eigenvalue weighted by atomic mass is 9.94. The molecule has 8 heteroatoms. The summed E-state index contributed by atoms with van der Waals surface area (Å²) in [5, 5.41) is 9.36. The Labute approximate surface area is 154 Å². The van der Waals surface area contributed by atoms with Crippen molar-refractivity contribution in [2.45, 2.75) is 57.6 Å². The number of benzene rings is 1. The fourth-order valence-corrected chi connectivity index (χ4v) is 2.86. The average molecular weight is 379 g/mol. The van der Waals surface area contributed by atoms with Gasteiger partial charge in [0, 0.05) is 11.8 Å². The Kier molecular flexibility index (Phi) is 5.85. The van der Waals surface area contributed by atoms with Crippen LogP contribution in [0.5, 0.6) is 0 Å². The molecule has 2 aromatic rings. The summed E-state index contributed by atoms with van der Waals surface area (Å²) in [6.07, 6.45) is 0.409. The molecule has 1 aromatic heterocycles. The molecule has 7 nitrogen and oxygen atoms in total. The van der Waals surface area contributed by atoms with Crippen molar-refractivity contribution in [2.75, 3.05) is 0 Å². The maximum absolute atomic E-state index is 12.4. The first kappa shape index (κ1) is 20.1. The van der Waals surface area contributed by atoms with Gasteiger partial charge in [0.15, 0.2) is 0 Å². The van der Waals surface area contributed by atoms with Crippen molar-refractivity contribution in [3.05, 3.63) is 41.8 Å². The molecule has 0 bridgehead atoms. The lowest BCUT2D eigenvalue weighted by Crippen LogP contribution is -2.38. The van der Waals surface area contributed by atoms with Gasteiger partial charge in [-0.05, 0) is 19.4 Å². The van der Waals surface area contributed by atoms with E-state index < -0.39 is 31.8 Å². The number of nitrogens with one attached hydrogen (secondary N) is 1. The summed E-state index contributed by atoms with van der Waals surface area (Å²) in [5.41, 5.74) is 0.347. The van der Waals surface area contributed by atoms with E-state index in [1.54, 1.807) is 34.6 Å². The van der Waals surface area contributed by atoms with Crippen LogP contribution in [-0.2, 0) is 21.1 Å². The lowest BCUT2D eigenvalue weighted by molar-refractivity contribution is -0.129. The van der Waals surface area contributed by atoms with E-state index in [4.69, 9.17) is 4.42 Å². The number of sulfone groups is 1. The molecular formula is C18H25N3O4S. The van der Waals surface area contributed by atoms with Gasteiger partial charge in [0.05, 0.1) is 5.25 Å². The van der Waals surface area contributed by atoms with E-state index in [1.807, 2.05) is 30.3 Å². The summed E-state index contributed by atoms with van der Waals surface area (Å²) in [7, 11) is -3.67. The maximum Gasteiger partial charge on any atom is 0.335 e. The van der Waals surface area contributed by atoms with Crippen molar-refractivity contribution in [1.82, 2.24) is 15.5 Å². The summed E-state index contributed by atoms with van der Waals surface area (Å²) in [6.45, 7) is 8.48. The summed E-state index contributed by atoms with van der Waals surface area (Å²) >= 11 is 0. The van der Waals surface area contributed by atoms with E-state index in [9.17, 15) is 13.2 Å². The van der Waals surface area contributed by atoms with Crippen LogP contribution in [-0.4, -0.2) is 29.8 Å². The Morgan fingerprint density at radius 3 is 2.31 bits per heavy atom. The number of aromatic nitrogens is 2. The van der Waals surface area contributed by atoms with Crippen molar-refractivity contribution in [1.29, 1.82) is 0 Å². The van der Waals surface area contributed by atoms with Crippen molar-refractivity contribution in [3.8, 4) is 0 Å². The first-order valence-electron chi connectivity index (χ1n) is 8.44. The molecule has 0 aliphatic rings. The molecule has 0 saturated heterocycles. The molecule has 0 aliphatic carbocycles. The SMILES string of the molecule is CC(C)S(=O)(=O)c1nnc([C@H](Cc2ccccc2)NC(=O)C(C)(C)C)o1. The summed E-state index contributed by atoms with van der Waals surface area (Å²) in [5.74, 6) is -0.115. The summed E-state index contributed by atoms with van der Waals surface area (Å²) in [4.78, 5) is 12.4. The topological polar surface area (TPSA) is 102 Å². The van der Waals surface area contributed by atoms with Crippen LogP contribution in [0.25, 0.3) is 0 Å². The van der Waals surface area contributed by atoms with Crippen molar-refractivity contribution < 1.29 is 17.6 Å². The Morgan fingerprint density at radius 1 is 1.15 bits per heavy atom. The summed E-state index contributed by atoms with van der Waals surface area (Å²) in [6, 6.07) is 8.89. The second-order valence-electron chi connectivity index (χ2n) is 7.47. The van der Waals surface area contributed by atoms with Gasteiger partial charge in [0.25, 0.3) is 0 Å². The van der Waals surface area contributed by atoms with Crippen LogP contribution < -0.4 is 5.32 Å². The number of nitrogens with zero attached hydrogens (tertiary/aromatic N) is 2. The number of amides is 1. The molecule has 1 aromatic carbocycles. The largest absolute Gasteiger partial charge is 0.410 e. The highest BCUT2D eigenvalue weighted by Gasteiger charge is 2.31. The quantitative estimate of drug-likeness (QED) is 0.828. The highest BCUT2D eigenvalue weighted by molar-refractivity contribution is 7.91. The average Bonchev–Trinajstić information content (AvgIpc) is 3.04. The first-order chi connectivity index (χ1) is 12.0. The Balaban J connectivity index is 2.35. The van der Waals surface area contributed by atoms with E-state index in [0.29, 0.717) is 6.42 Å². The predicted molar refractivity (Wildman–Crippen MR) is 97.1 cm³/mol. The fourth-order valence-electron chi connectivity index (χ4n) is 2.10. The number of carbonyl (C=O) groups excluding carboxylic acids is 1. The Hall–Kier alpha value is -2.22. The van der Waals surface area contributed by atoms with Gasteiger partial charge in [0.1, 0.15) is 6.04 Å². The smallest absolute Gasteiger partial charge is 0.335 e. The normalized spacial score (nSPS) is 13.6. The molecule has 0 aliphatic heterocycles. The monoisotopic (exact) mass is 379 g/mol. The second-order valence-corrected chi connectivity index (χ2v) is 9.85. The van der Waals surface area contributed by atoms with Crippen molar-refractivity contribution >= 4 is 15.7 Å². The van der Waals surface area contributed by atoms with E-state index in [-0.39, 0.29) is 11.8 Å². The number of rotatable bonds is 6. The third kappa shape index (κ3) is 4.69. The van der Waals surface area contributed by atoms with Gasteiger partial charge in [-0.25, -0.2) is 8.42 Å². The van der Waals surface area contributed by atoms with Gasteiger partial charge in [-0.2, -0.15) is 0 Å². The Morgan fingerprint density at radius 2 is 1.77 bits per heavy atom. The zero-order valence-corrected chi connectivity index (χ0v) is 16.5. The van der Waals surface area contributed by atoms with E-state index in [0.717, 1.165) is 5.56 Å². The van der Waals surface area contributed by atoms with Gasteiger partial charge in [-0.15, -0.1) is 5.10 Å². The third-order valence-corrected chi connectivity index (χ3v) is 5.75. The second kappa shape index (κ2) is 7.57. The molecule has 0 fully saturated rings. The fraction of sp³-hybridized carbons (Fsp3) is 0.500. The highest BCUT2D eigenvalue weighted by atomic mass is 32.2. The van der Waals surface area contributed by atoms with Gasteiger partial charge in [0.2, 0.25) is 21.6 Å². The minimum Gasteiger partial charge on any atom is -0.410 e. The van der Waals surface area contributed by atoms with Crippen molar-refractivity contribution in [2.24, 2.45) is 5.41 Å². The van der Waals surface area contributed by atoms with Crippen LogP contribution in [0.3, 0.4) is 0 Å². The van der Waals surface area contributed by atoms with Crippen LogP contribution in [0.4, 0.5) is 0 Å². The predicted octanol–water partition coefficient (Wildman–Crippen LogP) is 2.70. The number of hydrogen-bond donors (Lipinski definition) is 1. The van der Waals surface area contributed by atoms with Gasteiger partial charge in [-0.3, -0.25) is 4.79 Å². The zero-order valence-electron chi connectivity index (χ0n) is 15.7. The molecule has 2 rings (SSSR count). The minimum atomic E-state index is -3.67. The van der Waals surface area contributed by atoms with Crippen LogP contribution in [0, 0.1) is 5.41 Å². The molecular weight excluding hydrogens is 354 g/mol. The standard InChI is InChI=1S/C18H25N3O4S/c1-12(2)26(23,24)17-21-20-15(25-17)14(19-16(22)18(3,4)5)11-13-9-7-6-8-10-13/h6-10,12,14H,11H2,1-5H3,(H,19,22)/t14-/m0/s1. The molecule has 0 unspecified atom stereocenters. The van der Waals surface area contributed by atoms with E-state index in [2.05, 4.69) is 15.5 Å². The Bertz CT molecular complexity index is 852. The van der Waals surface area contributed by atoms with Crippen LogP contribution in [0.1, 0.15) is 52.1 Å². The van der Waals surface area contributed by atoms with Crippen LogP contribution >= 0.6 is 0 Å². The number of carbonyl (C=O) groups is 1. The van der Waals surface area contributed by atoms with Gasteiger partial charge in [-0.1, -0.05) is 56.2 Å². The molecule has 1 N–H and O–H groups in total. The van der Waals surface area contributed by atoms with E-state index >= 15 is 0 Å². The third-order valence-electron chi connectivity index (χ3n) is 3.85.